The second-order valence-corrected chi connectivity index (χ2v) is 11.8. The molecule has 2 aromatic heterocycles. The molecule has 2 heterocycles. The highest BCUT2D eigenvalue weighted by Gasteiger charge is 2.28. The molecular weight excluding hydrogens is 539 g/mol. The Bertz CT molecular complexity index is 1570. The summed E-state index contributed by atoms with van der Waals surface area (Å²) in [6, 6.07) is 8.22. The largest absolute Gasteiger partial charge is 0.395 e. The first-order valence-corrected chi connectivity index (χ1v) is 13.7. The van der Waals surface area contributed by atoms with Gasteiger partial charge in [-0.2, -0.15) is 0 Å². The monoisotopic (exact) mass is 563 g/mol. The van der Waals surface area contributed by atoms with Gasteiger partial charge in [0, 0.05) is 23.7 Å². The van der Waals surface area contributed by atoms with E-state index in [0.717, 1.165) is 24.3 Å². The molecule has 0 aliphatic rings. The van der Waals surface area contributed by atoms with Crippen molar-refractivity contribution in [3.8, 4) is 21.8 Å². The van der Waals surface area contributed by atoms with E-state index < -0.39 is 43.5 Å². The van der Waals surface area contributed by atoms with Gasteiger partial charge in [-0.1, -0.05) is 32.9 Å². The Morgan fingerprint density at radius 2 is 1.68 bits per heavy atom. The van der Waals surface area contributed by atoms with E-state index >= 15 is 4.39 Å². The Balaban J connectivity index is 1.83. The molecule has 0 aliphatic carbocycles. The van der Waals surface area contributed by atoms with Gasteiger partial charge in [-0.05, 0) is 30.3 Å². The van der Waals surface area contributed by atoms with Crippen LogP contribution in [-0.2, 0) is 15.4 Å². The third kappa shape index (κ3) is 5.64. The molecule has 13 heteroatoms. The van der Waals surface area contributed by atoms with Gasteiger partial charge in [-0.3, -0.25) is 4.72 Å². The van der Waals surface area contributed by atoms with Gasteiger partial charge >= 0.3 is 0 Å². The van der Waals surface area contributed by atoms with Crippen LogP contribution in [0, 0.1) is 17.5 Å². The molecule has 4 aromatic rings. The SMILES string of the molecule is CC(C)(C)c1nc(-c2cccc(NS(=O)(=O)c3c(F)cccc3F)c2F)c(-c2ccnc(NCCO)n2)s1. The normalized spacial score (nSPS) is 12.0. The fraction of sp³-hybridized carbons (Fsp3) is 0.240. The maximum Gasteiger partial charge on any atom is 0.267 e. The second kappa shape index (κ2) is 10.7. The van der Waals surface area contributed by atoms with E-state index in [-0.39, 0.29) is 30.4 Å². The minimum absolute atomic E-state index is 0.0376. The number of aromatic nitrogens is 3. The number of aliphatic hydroxyl groups excluding tert-OH is 1. The molecule has 0 saturated carbocycles. The molecule has 0 atom stereocenters. The van der Waals surface area contributed by atoms with Crippen LogP contribution in [0.3, 0.4) is 0 Å². The summed E-state index contributed by atoms with van der Waals surface area (Å²) in [6.07, 6.45) is 1.51. The molecule has 0 saturated heterocycles. The molecule has 8 nitrogen and oxygen atoms in total. The van der Waals surface area contributed by atoms with Crippen LogP contribution in [0.1, 0.15) is 25.8 Å². The number of anilines is 2. The van der Waals surface area contributed by atoms with Crippen LogP contribution in [0.15, 0.2) is 53.6 Å². The Morgan fingerprint density at radius 3 is 2.34 bits per heavy atom. The fourth-order valence-electron chi connectivity index (χ4n) is 3.46. The Labute approximate surface area is 221 Å². The van der Waals surface area contributed by atoms with Gasteiger partial charge < -0.3 is 10.4 Å². The quantitative estimate of drug-likeness (QED) is 0.270. The van der Waals surface area contributed by atoms with Crippen LogP contribution >= 0.6 is 11.3 Å². The molecule has 0 fully saturated rings. The average Bonchev–Trinajstić information content (AvgIpc) is 3.30. The number of hydrogen-bond donors (Lipinski definition) is 3. The maximum absolute atomic E-state index is 15.8. The lowest BCUT2D eigenvalue weighted by Crippen LogP contribution is -2.17. The van der Waals surface area contributed by atoms with Crippen molar-refractivity contribution in [3.63, 3.8) is 0 Å². The fourth-order valence-corrected chi connectivity index (χ4v) is 5.77. The van der Waals surface area contributed by atoms with E-state index in [2.05, 4.69) is 20.3 Å². The number of nitrogens with one attached hydrogen (secondary N) is 2. The molecule has 0 spiro atoms. The molecule has 200 valence electrons. The molecule has 0 amide bonds. The smallest absolute Gasteiger partial charge is 0.267 e. The van der Waals surface area contributed by atoms with Crippen LogP contribution in [-0.4, -0.2) is 41.6 Å². The first-order valence-electron chi connectivity index (χ1n) is 11.4. The molecule has 0 bridgehead atoms. The first-order chi connectivity index (χ1) is 17.9. The molecule has 0 radical (unpaired) electrons. The number of benzene rings is 2. The van der Waals surface area contributed by atoms with Gasteiger partial charge in [-0.15, -0.1) is 11.3 Å². The highest BCUT2D eigenvalue weighted by molar-refractivity contribution is 7.92. The van der Waals surface area contributed by atoms with Gasteiger partial charge in [0.2, 0.25) is 5.95 Å². The average molecular weight is 564 g/mol. The number of hydrogen-bond acceptors (Lipinski definition) is 8. The van der Waals surface area contributed by atoms with Crippen molar-refractivity contribution >= 4 is 33.0 Å². The zero-order valence-electron chi connectivity index (χ0n) is 20.6. The lowest BCUT2D eigenvalue weighted by molar-refractivity contribution is 0.311. The standard InChI is InChI=1S/C25H24F3N5O3S2/c1-25(2,3)23-32-20(21(37-23)18-10-11-29-24(31-18)30-12-13-34)14-6-4-9-17(19(14)28)33-38(35,36)22-15(26)7-5-8-16(22)27/h4-11,33-34H,12-13H2,1-3H3,(H,29,30,31). The van der Waals surface area contributed by atoms with Crippen LogP contribution in [0.2, 0.25) is 0 Å². The topological polar surface area (TPSA) is 117 Å². The van der Waals surface area contributed by atoms with Gasteiger partial charge in [0.1, 0.15) is 11.6 Å². The van der Waals surface area contributed by atoms with Crippen LogP contribution in [0.5, 0.6) is 0 Å². The molecule has 0 aliphatic heterocycles. The van der Waals surface area contributed by atoms with Gasteiger partial charge in [0.05, 0.1) is 33.6 Å². The van der Waals surface area contributed by atoms with Crippen molar-refractivity contribution in [3.05, 3.63) is 71.1 Å². The summed E-state index contributed by atoms with van der Waals surface area (Å²) in [4.78, 5) is 12.5. The lowest BCUT2D eigenvalue weighted by atomic mass is 9.98. The van der Waals surface area contributed by atoms with E-state index in [1.165, 1.54) is 29.7 Å². The molecular formula is C25H24F3N5O3S2. The highest BCUT2D eigenvalue weighted by Crippen LogP contribution is 2.42. The highest BCUT2D eigenvalue weighted by atomic mass is 32.2. The van der Waals surface area contributed by atoms with Crippen molar-refractivity contribution in [2.24, 2.45) is 0 Å². The van der Waals surface area contributed by atoms with Crippen LogP contribution in [0.25, 0.3) is 21.8 Å². The summed E-state index contributed by atoms with van der Waals surface area (Å²) >= 11 is 1.29. The van der Waals surface area contributed by atoms with Gasteiger partial charge in [0.25, 0.3) is 10.0 Å². The zero-order chi connectivity index (χ0) is 27.7. The lowest BCUT2D eigenvalue weighted by Gasteiger charge is -2.14. The molecule has 4 rings (SSSR count). The summed E-state index contributed by atoms with van der Waals surface area (Å²) in [6.45, 7) is 5.93. The predicted octanol–water partition coefficient (Wildman–Crippen LogP) is 5.19. The number of nitrogens with zero attached hydrogens (tertiary/aromatic N) is 3. The Kier molecular flexibility index (Phi) is 7.72. The van der Waals surface area contributed by atoms with Crippen molar-refractivity contribution in [1.29, 1.82) is 0 Å². The third-order valence-electron chi connectivity index (χ3n) is 5.24. The Hall–Kier alpha value is -3.55. The van der Waals surface area contributed by atoms with Gasteiger partial charge in [-0.25, -0.2) is 36.5 Å². The van der Waals surface area contributed by atoms with E-state index in [1.807, 2.05) is 25.5 Å². The molecule has 38 heavy (non-hydrogen) atoms. The second-order valence-electron chi connectivity index (χ2n) is 9.19. The molecule has 3 N–H and O–H groups in total. The third-order valence-corrected chi connectivity index (χ3v) is 8.16. The van der Waals surface area contributed by atoms with Crippen LogP contribution in [0.4, 0.5) is 24.8 Å². The summed E-state index contributed by atoms with van der Waals surface area (Å²) in [5.41, 5.74) is -0.302. The van der Waals surface area contributed by atoms with E-state index in [9.17, 15) is 17.2 Å². The van der Waals surface area contributed by atoms with Crippen molar-refractivity contribution < 1.29 is 26.7 Å². The predicted molar refractivity (Wildman–Crippen MR) is 140 cm³/mol. The van der Waals surface area contributed by atoms with Gasteiger partial charge in [0.15, 0.2) is 10.7 Å². The number of halogens is 3. The Morgan fingerprint density at radius 1 is 1.00 bits per heavy atom. The summed E-state index contributed by atoms with van der Waals surface area (Å²) in [7, 11) is -4.80. The summed E-state index contributed by atoms with van der Waals surface area (Å²) in [5, 5.41) is 12.6. The first kappa shape index (κ1) is 27.5. The molecule has 0 unspecified atom stereocenters. The summed E-state index contributed by atoms with van der Waals surface area (Å²) in [5.74, 6) is -3.34. The maximum atomic E-state index is 15.8. The van der Waals surface area contributed by atoms with Crippen molar-refractivity contribution in [2.75, 3.05) is 23.2 Å². The zero-order valence-corrected chi connectivity index (χ0v) is 22.2. The van der Waals surface area contributed by atoms with E-state index in [4.69, 9.17) is 5.11 Å². The number of sulfonamides is 1. The number of rotatable bonds is 8. The van der Waals surface area contributed by atoms with Crippen molar-refractivity contribution in [2.45, 2.75) is 31.1 Å². The number of thiazole rings is 1. The van der Waals surface area contributed by atoms with E-state index in [0.29, 0.717) is 15.6 Å². The number of aliphatic hydroxyl groups is 1. The summed E-state index contributed by atoms with van der Waals surface area (Å²) < 4.78 is 71.7. The minimum Gasteiger partial charge on any atom is -0.395 e. The van der Waals surface area contributed by atoms with E-state index in [1.54, 1.807) is 6.07 Å². The van der Waals surface area contributed by atoms with Crippen LogP contribution < -0.4 is 10.0 Å². The van der Waals surface area contributed by atoms with Crippen molar-refractivity contribution in [1.82, 2.24) is 15.0 Å². The minimum atomic E-state index is -4.80. The molecule has 2 aromatic carbocycles.